The number of carbonyl (C=O) groups excluding carboxylic acids is 8. The third-order valence-electron chi connectivity index (χ3n) is 9.48. The van der Waals surface area contributed by atoms with E-state index in [4.69, 9.17) is 22.9 Å². The minimum atomic E-state index is -1.51. The van der Waals surface area contributed by atoms with Crippen molar-refractivity contribution >= 4 is 52.9 Å². The highest BCUT2D eigenvalue weighted by Crippen LogP contribution is 2.14. The zero-order valence-electron chi connectivity index (χ0n) is 35.0. The number of anilines is 1. The highest BCUT2D eigenvalue weighted by atomic mass is 16.3. The normalized spacial score (nSPS) is 25.1. The average Bonchev–Trinajstić information content (AvgIpc) is 3.19. The van der Waals surface area contributed by atoms with E-state index in [1.54, 1.807) is 57.1 Å². The summed E-state index contributed by atoms with van der Waals surface area (Å²) in [5.74, 6) is -6.62. The second kappa shape index (κ2) is 25.3. The Balaban J connectivity index is 2.60. The molecule has 0 bridgehead atoms. The first-order valence-corrected chi connectivity index (χ1v) is 20.0. The largest absolute Gasteiger partial charge is 0.391 e. The van der Waals surface area contributed by atoms with Gasteiger partial charge in [-0.05, 0) is 82.8 Å². The van der Waals surface area contributed by atoms with Crippen molar-refractivity contribution in [1.82, 2.24) is 42.5 Å². The molecule has 0 spiro atoms. The molecule has 0 aliphatic carbocycles. The molecule has 1 heterocycles. The number of benzene rings is 1. The van der Waals surface area contributed by atoms with E-state index in [0.29, 0.717) is 0 Å². The van der Waals surface area contributed by atoms with Gasteiger partial charge in [-0.25, -0.2) is 0 Å². The predicted molar refractivity (Wildman–Crippen MR) is 222 cm³/mol. The molecule has 60 heavy (non-hydrogen) atoms. The number of carbonyl (C=O) groups is 8. The molecular weight excluding hydrogens is 782 g/mol. The van der Waals surface area contributed by atoms with Crippen molar-refractivity contribution in [3.8, 4) is 0 Å². The van der Waals surface area contributed by atoms with Gasteiger partial charge in [-0.2, -0.15) is 0 Å². The summed E-state index contributed by atoms with van der Waals surface area (Å²) >= 11 is 0. The molecule has 8 amide bonds. The van der Waals surface area contributed by atoms with E-state index in [1.807, 2.05) is 0 Å². The lowest BCUT2D eigenvalue weighted by Gasteiger charge is -2.28. The quantitative estimate of drug-likeness (QED) is 0.0883. The molecule has 22 nitrogen and oxygen atoms in total. The van der Waals surface area contributed by atoms with E-state index < -0.39 is 102 Å². The van der Waals surface area contributed by atoms with Crippen LogP contribution in [0.25, 0.3) is 0 Å². The van der Waals surface area contributed by atoms with Crippen LogP contribution in [0.4, 0.5) is 5.69 Å². The van der Waals surface area contributed by atoms with Crippen molar-refractivity contribution in [1.29, 1.82) is 0 Å². The van der Waals surface area contributed by atoms with Crippen LogP contribution < -0.4 is 70.4 Å². The number of nitrogens with two attached hydrogens (primary N) is 4. The predicted octanol–water partition coefficient (Wildman–Crippen LogP) is -5.29. The smallest absolute Gasteiger partial charge is 0.251 e. The molecule has 1 aromatic rings. The van der Waals surface area contributed by atoms with Crippen molar-refractivity contribution in [3.05, 3.63) is 29.8 Å². The number of rotatable bonds is 13. The van der Waals surface area contributed by atoms with E-state index in [2.05, 4.69) is 42.5 Å². The van der Waals surface area contributed by atoms with Gasteiger partial charge < -0.3 is 75.5 Å². The van der Waals surface area contributed by atoms with E-state index in [9.17, 15) is 43.5 Å². The molecule has 3 unspecified atom stereocenters. The number of aliphatic hydroxyl groups excluding tert-OH is 1. The lowest BCUT2D eigenvalue weighted by Crippen LogP contribution is -2.62. The summed E-state index contributed by atoms with van der Waals surface area (Å²) < 4.78 is 0. The van der Waals surface area contributed by atoms with E-state index in [0.717, 1.165) is 5.69 Å². The lowest BCUT2D eigenvalue weighted by atomic mass is 10.0. The molecule has 0 aromatic heterocycles. The maximum Gasteiger partial charge on any atom is 0.251 e. The summed E-state index contributed by atoms with van der Waals surface area (Å²) in [6, 6.07) is -2.84. The molecule has 1 aliphatic heterocycles. The molecule has 0 radical (unpaired) electrons. The maximum absolute atomic E-state index is 14.1. The zero-order valence-corrected chi connectivity index (χ0v) is 35.0. The molecule has 336 valence electrons. The van der Waals surface area contributed by atoms with E-state index in [-0.39, 0.29) is 69.8 Å². The SMILES string of the molecule is CC(C)CC1NC(=O)C(CNC(=O)c2cccc(N(C)C)c2)NC(=O)[C@H](CCN)NC(=O)[C@@H](N)CCNC(=O)[C@H]([C@@H](C)O)NC(=O)[C@H](CCN)NC(=O)C(CCN)NC1=O. The molecule has 1 saturated heterocycles. The Hall–Kier alpha value is -5.42. The van der Waals surface area contributed by atoms with Crippen LogP contribution in [0.5, 0.6) is 0 Å². The van der Waals surface area contributed by atoms with Crippen LogP contribution in [0.1, 0.15) is 63.2 Å². The first kappa shape index (κ1) is 50.7. The van der Waals surface area contributed by atoms with Gasteiger partial charge in [0.2, 0.25) is 41.4 Å². The van der Waals surface area contributed by atoms with Gasteiger partial charge in [-0.15, -0.1) is 0 Å². The van der Waals surface area contributed by atoms with Crippen LogP contribution >= 0.6 is 0 Å². The Kier molecular flexibility index (Phi) is 21.4. The van der Waals surface area contributed by atoms with Crippen LogP contribution in [0.3, 0.4) is 0 Å². The van der Waals surface area contributed by atoms with Gasteiger partial charge in [0.25, 0.3) is 5.91 Å². The second-order valence-corrected chi connectivity index (χ2v) is 15.2. The highest BCUT2D eigenvalue weighted by molar-refractivity contribution is 5.99. The first-order chi connectivity index (χ1) is 28.3. The minimum absolute atomic E-state index is 0.0592. The molecular formula is C38H65N13O9. The maximum atomic E-state index is 14.1. The Bertz CT molecular complexity index is 1640. The molecule has 1 fully saturated rings. The van der Waals surface area contributed by atoms with Gasteiger partial charge in [0.15, 0.2) is 0 Å². The van der Waals surface area contributed by atoms with Crippen molar-refractivity contribution in [3.63, 3.8) is 0 Å². The van der Waals surface area contributed by atoms with Gasteiger partial charge in [0.1, 0.15) is 36.3 Å². The van der Waals surface area contributed by atoms with Crippen LogP contribution in [0.15, 0.2) is 24.3 Å². The number of nitrogens with one attached hydrogen (secondary N) is 8. The van der Waals surface area contributed by atoms with Crippen molar-refractivity contribution < 1.29 is 43.5 Å². The number of nitrogens with zero attached hydrogens (tertiary/aromatic N) is 1. The van der Waals surface area contributed by atoms with Gasteiger partial charge in [-0.3, -0.25) is 38.4 Å². The number of hydrogen-bond donors (Lipinski definition) is 13. The summed E-state index contributed by atoms with van der Waals surface area (Å²) in [4.78, 5) is 110. The highest BCUT2D eigenvalue weighted by Gasteiger charge is 2.35. The molecule has 8 atom stereocenters. The Morgan fingerprint density at radius 3 is 1.68 bits per heavy atom. The summed E-state index contributed by atoms with van der Waals surface area (Å²) in [7, 11) is 3.60. The van der Waals surface area contributed by atoms with Crippen LogP contribution in [-0.2, 0) is 33.6 Å². The topological polar surface area (TPSA) is 360 Å². The average molecular weight is 848 g/mol. The summed E-state index contributed by atoms with van der Waals surface area (Å²) in [6.45, 7) is 3.95. The fraction of sp³-hybridized carbons (Fsp3) is 0.632. The standard InChI is InChI=1S/C38H65N13O9/c1-20(2)17-28-36(58)47-26(10-14-40)33(55)46-27(11-15-41)35(57)50-30(21(3)52)38(60)43-16-12-24(42)32(54)45-25(9-13-39)34(56)49-29(37(59)48-28)19-44-31(53)22-7-6-8-23(18-22)51(4)5/h6-8,18,20-21,24-30,52H,9-17,19,39-42H2,1-5H3,(H,43,60)(H,44,53)(H,45,54)(H,46,55)(H,47,58)(H,48,59)(H,49,56)(H,50,57)/t21-,24+,25+,26?,27+,28?,29?,30+/m1/s1. The van der Waals surface area contributed by atoms with Gasteiger partial charge in [0, 0.05) is 38.4 Å². The lowest BCUT2D eigenvalue weighted by molar-refractivity contribution is -0.136. The van der Waals surface area contributed by atoms with E-state index in [1.165, 1.54) is 6.92 Å². The molecule has 17 N–H and O–H groups in total. The first-order valence-electron chi connectivity index (χ1n) is 20.0. The number of amides is 8. The molecule has 0 saturated carbocycles. The summed E-state index contributed by atoms with van der Waals surface area (Å²) in [6.07, 6.45) is -1.78. The fourth-order valence-corrected chi connectivity index (χ4v) is 6.06. The Morgan fingerprint density at radius 2 is 1.18 bits per heavy atom. The number of hydrogen-bond acceptors (Lipinski definition) is 14. The van der Waals surface area contributed by atoms with Gasteiger partial charge in [-0.1, -0.05) is 19.9 Å². The summed E-state index contributed by atoms with van der Waals surface area (Å²) in [5.41, 5.74) is 24.4. The third-order valence-corrected chi connectivity index (χ3v) is 9.48. The molecule has 22 heteroatoms. The van der Waals surface area contributed by atoms with E-state index >= 15 is 0 Å². The van der Waals surface area contributed by atoms with Crippen LogP contribution in [0, 0.1) is 5.92 Å². The van der Waals surface area contributed by atoms with Crippen molar-refractivity contribution in [2.75, 3.05) is 51.7 Å². The Labute approximate surface area is 350 Å². The van der Waals surface area contributed by atoms with Crippen LogP contribution in [0.2, 0.25) is 0 Å². The Morgan fingerprint density at radius 1 is 0.717 bits per heavy atom. The van der Waals surface area contributed by atoms with Crippen molar-refractivity contribution in [2.45, 2.75) is 101 Å². The van der Waals surface area contributed by atoms with Gasteiger partial charge in [0.05, 0.1) is 12.1 Å². The molecule has 1 aromatic carbocycles. The second-order valence-electron chi connectivity index (χ2n) is 15.2. The number of aliphatic hydroxyl groups is 1. The monoisotopic (exact) mass is 848 g/mol. The minimum Gasteiger partial charge on any atom is -0.391 e. The summed E-state index contributed by atoms with van der Waals surface area (Å²) in [5, 5.41) is 30.8. The van der Waals surface area contributed by atoms with Gasteiger partial charge >= 0.3 is 0 Å². The third kappa shape index (κ3) is 16.3. The zero-order chi connectivity index (χ0) is 45.1. The fourth-order valence-electron chi connectivity index (χ4n) is 6.06. The van der Waals surface area contributed by atoms with Crippen LogP contribution in [-0.4, -0.2) is 148 Å². The van der Waals surface area contributed by atoms with Crippen molar-refractivity contribution in [2.24, 2.45) is 28.9 Å². The molecule has 1 aliphatic rings. The molecule has 2 rings (SSSR count).